The number of amides is 1. The van der Waals surface area contributed by atoms with E-state index in [0.717, 1.165) is 60.9 Å². The smallest absolute Gasteiger partial charge is 0.258 e. The Morgan fingerprint density at radius 3 is 2.75 bits per heavy atom. The fourth-order valence-electron chi connectivity index (χ4n) is 4.48. The van der Waals surface area contributed by atoms with Gasteiger partial charge in [-0.05, 0) is 68.5 Å². The molecule has 0 atom stereocenters. The lowest BCUT2D eigenvalue weighted by molar-refractivity contribution is -0.123. The zero-order valence-corrected chi connectivity index (χ0v) is 20.8. The van der Waals surface area contributed by atoms with E-state index in [0.29, 0.717) is 11.6 Å². The summed E-state index contributed by atoms with van der Waals surface area (Å²) in [4.78, 5) is 28.5. The second-order valence-electron chi connectivity index (χ2n) is 9.53. The molecule has 0 aliphatic carbocycles. The van der Waals surface area contributed by atoms with Crippen LogP contribution in [-0.4, -0.2) is 47.8 Å². The molecule has 5 rings (SSSR count). The number of hydrogen-bond donors (Lipinski definition) is 2. The van der Waals surface area contributed by atoms with Gasteiger partial charge >= 0.3 is 0 Å². The van der Waals surface area contributed by atoms with Gasteiger partial charge in [0.25, 0.3) is 5.91 Å². The Morgan fingerprint density at radius 1 is 1.06 bits per heavy atom. The second kappa shape index (κ2) is 10.8. The molecule has 2 aliphatic heterocycles. The van der Waals surface area contributed by atoms with Gasteiger partial charge in [0.15, 0.2) is 12.4 Å². The maximum absolute atomic E-state index is 12.0. The Bertz CT molecular complexity index is 1270. The molecule has 0 saturated carbocycles. The third-order valence-electron chi connectivity index (χ3n) is 6.21. The van der Waals surface area contributed by atoms with Crippen LogP contribution in [-0.2, 0) is 11.3 Å². The van der Waals surface area contributed by atoms with Crippen LogP contribution in [0.15, 0.2) is 53.5 Å². The fourth-order valence-corrected chi connectivity index (χ4v) is 4.48. The summed E-state index contributed by atoms with van der Waals surface area (Å²) >= 11 is 0. The number of ether oxygens (including phenoxy) is 1. The van der Waals surface area contributed by atoms with E-state index in [1.165, 1.54) is 12.0 Å². The van der Waals surface area contributed by atoms with Gasteiger partial charge < -0.3 is 20.3 Å². The lowest BCUT2D eigenvalue weighted by atomic mass is 10.1. The van der Waals surface area contributed by atoms with Crippen LogP contribution in [0.2, 0.25) is 0 Å². The zero-order chi connectivity index (χ0) is 24.9. The lowest BCUT2D eigenvalue weighted by Crippen LogP contribution is -2.34. The van der Waals surface area contributed by atoms with E-state index < -0.39 is 0 Å². The highest BCUT2D eigenvalue weighted by atomic mass is 16.5. The molecule has 0 spiro atoms. The molecule has 3 heterocycles. The van der Waals surface area contributed by atoms with Gasteiger partial charge in [-0.25, -0.2) is 9.97 Å². The molecule has 1 amide bonds. The number of nitrogens with one attached hydrogen (secondary N) is 2. The third kappa shape index (κ3) is 5.82. The van der Waals surface area contributed by atoms with Crippen molar-refractivity contribution in [2.24, 2.45) is 4.99 Å². The number of carbonyl (C=O) groups is 1. The zero-order valence-electron chi connectivity index (χ0n) is 20.8. The largest absolute Gasteiger partial charge is 0.484 e. The minimum atomic E-state index is -0.148. The highest BCUT2D eigenvalue weighted by molar-refractivity contribution is 5.86. The quantitative estimate of drug-likeness (QED) is 0.481. The predicted octanol–water partition coefficient (Wildman–Crippen LogP) is 4.71. The normalized spacial score (nSPS) is 14.6. The molecule has 0 unspecified atom stereocenters. The van der Waals surface area contributed by atoms with Gasteiger partial charge in [0, 0.05) is 42.7 Å². The Kier molecular flexibility index (Phi) is 7.11. The summed E-state index contributed by atoms with van der Waals surface area (Å²) in [6.45, 7) is 6.52. The average molecular weight is 485 g/mol. The Morgan fingerprint density at radius 2 is 1.92 bits per heavy atom. The van der Waals surface area contributed by atoms with Crippen LogP contribution in [0.5, 0.6) is 5.75 Å². The average Bonchev–Trinajstić information content (AvgIpc) is 3.36. The van der Waals surface area contributed by atoms with Crippen LogP contribution >= 0.6 is 0 Å². The van der Waals surface area contributed by atoms with Gasteiger partial charge in [-0.1, -0.05) is 18.2 Å². The number of piperidine rings is 1. The molecule has 2 aliphatic rings. The molecular formula is C28H32N6O2. The standard InChI is InChI=1S/C28H32N6O2/c1-19(2)30-27(35)18-36-24-8-6-7-20(14-24)28-32-25(15-26(33-28)34-11-4-3-5-12-34)31-23-10-9-21-16-29-17-22(21)13-23/h6-10,13-15,17,19H,3-5,11-12,16,18H2,1-2H3,(H,30,35)(H,31,32,33). The molecule has 2 aromatic carbocycles. The van der Waals surface area contributed by atoms with E-state index in [9.17, 15) is 4.79 Å². The molecular weight excluding hydrogens is 452 g/mol. The molecule has 1 aromatic heterocycles. The van der Waals surface area contributed by atoms with Crippen molar-refractivity contribution in [2.75, 3.05) is 29.9 Å². The van der Waals surface area contributed by atoms with Gasteiger partial charge in [-0.2, -0.15) is 0 Å². The van der Waals surface area contributed by atoms with Crippen LogP contribution in [0, 0.1) is 0 Å². The number of benzene rings is 2. The number of fused-ring (bicyclic) bond motifs is 1. The maximum Gasteiger partial charge on any atom is 0.258 e. The monoisotopic (exact) mass is 484 g/mol. The van der Waals surface area contributed by atoms with E-state index in [1.54, 1.807) is 0 Å². The molecule has 3 aromatic rings. The van der Waals surface area contributed by atoms with Crippen LogP contribution < -0.4 is 20.3 Å². The summed E-state index contributed by atoms with van der Waals surface area (Å²) in [6.07, 6.45) is 5.49. The van der Waals surface area contributed by atoms with Crippen molar-refractivity contribution in [3.63, 3.8) is 0 Å². The molecule has 0 bridgehead atoms. The van der Waals surface area contributed by atoms with Crippen molar-refractivity contribution in [3.05, 3.63) is 59.7 Å². The van der Waals surface area contributed by atoms with Crippen LogP contribution in [0.1, 0.15) is 44.2 Å². The van der Waals surface area contributed by atoms with Crippen molar-refractivity contribution in [1.29, 1.82) is 0 Å². The van der Waals surface area contributed by atoms with Gasteiger partial charge in [-0.3, -0.25) is 9.79 Å². The Balaban J connectivity index is 1.42. The number of aliphatic imine (C=N–C) groups is 1. The fraction of sp³-hybridized carbons (Fsp3) is 0.357. The van der Waals surface area contributed by atoms with E-state index in [-0.39, 0.29) is 18.6 Å². The van der Waals surface area contributed by atoms with Crippen molar-refractivity contribution in [1.82, 2.24) is 15.3 Å². The lowest BCUT2D eigenvalue weighted by Gasteiger charge is -2.28. The SMILES string of the molecule is CC(C)NC(=O)COc1cccc(-c2nc(Nc3ccc4c(c3)C=NC4)cc(N3CCCCC3)n2)c1. The maximum atomic E-state index is 12.0. The Labute approximate surface area is 211 Å². The minimum absolute atomic E-state index is 0.0370. The topological polar surface area (TPSA) is 91.7 Å². The minimum Gasteiger partial charge on any atom is -0.484 e. The summed E-state index contributed by atoms with van der Waals surface area (Å²) in [5.41, 5.74) is 4.16. The number of aromatic nitrogens is 2. The summed E-state index contributed by atoms with van der Waals surface area (Å²) in [6, 6.07) is 15.9. The van der Waals surface area contributed by atoms with Crippen molar-refractivity contribution in [2.45, 2.75) is 45.7 Å². The molecule has 8 heteroatoms. The van der Waals surface area contributed by atoms with Crippen molar-refractivity contribution >= 4 is 29.4 Å². The Hall–Kier alpha value is -3.94. The van der Waals surface area contributed by atoms with Gasteiger partial charge in [-0.15, -0.1) is 0 Å². The first-order valence-electron chi connectivity index (χ1n) is 12.6. The molecule has 8 nitrogen and oxygen atoms in total. The van der Waals surface area contributed by atoms with Gasteiger partial charge in [0.1, 0.15) is 17.4 Å². The van der Waals surface area contributed by atoms with Gasteiger partial charge in [0.2, 0.25) is 0 Å². The highest BCUT2D eigenvalue weighted by Gasteiger charge is 2.17. The molecule has 0 radical (unpaired) electrons. The first-order chi connectivity index (χ1) is 17.5. The summed E-state index contributed by atoms with van der Waals surface area (Å²) in [5.74, 6) is 2.71. The van der Waals surface area contributed by atoms with Crippen LogP contribution in [0.4, 0.5) is 17.3 Å². The van der Waals surface area contributed by atoms with E-state index in [2.05, 4.69) is 38.7 Å². The van der Waals surface area contributed by atoms with Gasteiger partial charge in [0.05, 0.1) is 6.54 Å². The first-order valence-corrected chi connectivity index (χ1v) is 12.6. The first kappa shape index (κ1) is 23.8. The number of carbonyl (C=O) groups excluding carboxylic acids is 1. The molecule has 1 fully saturated rings. The predicted molar refractivity (Wildman–Crippen MR) is 143 cm³/mol. The summed E-state index contributed by atoms with van der Waals surface area (Å²) in [5, 5.41) is 6.31. The van der Waals surface area contributed by atoms with E-state index in [4.69, 9.17) is 14.7 Å². The van der Waals surface area contributed by atoms with Crippen LogP contribution in [0.25, 0.3) is 11.4 Å². The third-order valence-corrected chi connectivity index (χ3v) is 6.21. The van der Waals surface area contributed by atoms with Crippen LogP contribution in [0.3, 0.4) is 0 Å². The molecule has 186 valence electrons. The highest BCUT2D eigenvalue weighted by Crippen LogP contribution is 2.29. The number of rotatable bonds is 8. The summed E-state index contributed by atoms with van der Waals surface area (Å²) < 4.78 is 5.74. The van der Waals surface area contributed by atoms with Crippen molar-refractivity contribution in [3.8, 4) is 17.1 Å². The summed E-state index contributed by atoms with van der Waals surface area (Å²) in [7, 11) is 0. The second-order valence-corrected chi connectivity index (χ2v) is 9.53. The molecule has 36 heavy (non-hydrogen) atoms. The van der Waals surface area contributed by atoms with E-state index >= 15 is 0 Å². The number of hydrogen-bond acceptors (Lipinski definition) is 7. The number of nitrogens with zero attached hydrogens (tertiary/aromatic N) is 4. The van der Waals surface area contributed by atoms with Crippen molar-refractivity contribution < 1.29 is 9.53 Å². The molecule has 1 saturated heterocycles. The molecule has 2 N–H and O–H groups in total. The van der Waals surface area contributed by atoms with E-state index in [1.807, 2.05) is 50.4 Å². The number of anilines is 3.